The zero-order chi connectivity index (χ0) is 25.9. The molecule has 5 rings (SSSR count). The van der Waals surface area contributed by atoms with Crippen LogP contribution in [0.3, 0.4) is 0 Å². The van der Waals surface area contributed by atoms with Crippen molar-refractivity contribution in [1.29, 1.82) is 0 Å². The summed E-state index contributed by atoms with van der Waals surface area (Å²) in [5, 5.41) is 13.6. The molecule has 190 valence electrons. The molecule has 0 N–H and O–H groups in total. The molecule has 0 bridgehead atoms. The number of hydrogen-bond donors (Lipinski definition) is 0. The molecule has 1 atom stereocenters. The van der Waals surface area contributed by atoms with Crippen molar-refractivity contribution in [3.63, 3.8) is 0 Å². The summed E-state index contributed by atoms with van der Waals surface area (Å²) in [5.74, 6) is 0.0788. The summed E-state index contributed by atoms with van der Waals surface area (Å²) < 4.78 is 5.98. The number of nitro groups is 1. The molecule has 1 fully saturated rings. The second-order valence-corrected chi connectivity index (χ2v) is 9.33. The molecule has 0 unspecified atom stereocenters. The molecular formula is C29H30N4O4. The van der Waals surface area contributed by atoms with Gasteiger partial charge in [0.05, 0.1) is 16.5 Å². The number of nitro benzene ring substituents is 1. The number of carbonyl (C=O) groups is 1. The van der Waals surface area contributed by atoms with Gasteiger partial charge in [-0.1, -0.05) is 18.2 Å². The summed E-state index contributed by atoms with van der Waals surface area (Å²) >= 11 is 0. The van der Waals surface area contributed by atoms with Crippen molar-refractivity contribution < 1.29 is 14.1 Å². The summed E-state index contributed by atoms with van der Waals surface area (Å²) in [7, 11) is 0. The minimum absolute atomic E-state index is 0.00529. The lowest BCUT2D eigenvalue weighted by atomic mass is 9.95. The Kier molecular flexibility index (Phi) is 6.90. The molecule has 1 amide bonds. The fourth-order valence-electron chi connectivity index (χ4n) is 5.18. The Labute approximate surface area is 215 Å². The molecule has 3 aromatic carbocycles. The van der Waals surface area contributed by atoms with Gasteiger partial charge in [-0.25, -0.2) is 0 Å². The van der Waals surface area contributed by atoms with Gasteiger partial charge in [0.25, 0.3) is 5.69 Å². The number of rotatable bonds is 7. The van der Waals surface area contributed by atoms with E-state index in [1.807, 2.05) is 61.2 Å². The molecule has 0 spiro atoms. The van der Waals surface area contributed by atoms with Crippen LogP contribution in [0.15, 0.2) is 70.1 Å². The quantitative estimate of drug-likeness (QED) is 0.169. The third-order valence-corrected chi connectivity index (χ3v) is 7.12. The Morgan fingerprint density at radius 2 is 1.89 bits per heavy atom. The van der Waals surface area contributed by atoms with Crippen LogP contribution in [-0.4, -0.2) is 48.1 Å². The first-order valence-corrected chi connectivity index (χ1v) is 12.8. The monoisotopic (exact) mass is 498 g/mol. The SMILES string of the molecule is CCN(CC)C(=O)[C@H]1CCCN(c2ccc([N+](=O)[O-])cc2C=Nc2ccc3c(c2)oc2ccccc23)C1. The number of piperidine rings is 1. The predicted molar refractivity (Wildman–Crippen MR) is 147 cm³/mol. The molecule has 0 radical (unpaired) electrons. The Balaban J connectivity index is 1.46. The van der Waals surface area contributed by atoms with Crippen LogP contribution in [0.25, 0.3) is 21.9 Å². The number of non-ortho nitro benzene ring substituents is 1. The van der Waals surface area contributed by atoms with Gasteiger partial charge in [0.15, 0.2) is 0 Å². The van der Waals surface area contributed by atoms with Crippen molar-refractivity contribution in [3.8, 4) is 0 Å². The van der Waals surface area contributed by atoms with Gasteiger partial charge in [-0.15, -0.1) is 0 Å². The molecule has 1 aliphatic rings. The lowest BCUT2D eigenvalue weighted by molar-refractivity contribution is -0.384. The van der Waals surface area contributed by atoms with Gasteiger partial charge < -0.3 is 14.2 Å². The predicted octanol–water partition coefficient (Wildman–Crippen LogP) is 6.33. The molecule has 0 saturated carbocycles. The van der Waals surface area contributed by atoms with E-state index < -0.39 is 4.92 Å². The zero-order valence-electron chi connectivity index (χ0n) is 21.1. The van der Waals surface area contributed by atoms with E-state index in [1.54, 1.807) is 18.3 Å². The highest BCUT2D eigenvalue weighted by Crippen LogP contribution is 2.32. The van der Waals surface area contributed by atoms with Crippen LogP contribution < -0.4 is 4.90 Å². The summed E-state index contributed by atoms with van der Waals surface area (Å²) in [4.78, 5) is 32.8. The first-order valence-electron chi connectivity index (χ1n) is 12.8. The van der Waals surface area contributed by atoms with Gasteiger partial charge in [0.1, 0.15) is 11.2 Å². The summed E-state index contributed by atoms with van der Waals surface area (Å²) in [5.41, 5.74) is 3.75. The number of hydrogen-bond acceptors (Lipinski definition) is 6. The molecular weight excluding hydrogens is 468 g/mol. The highest BCUT2D eigenvalue weighted by Gasteiger charge is 2.29. The fourth-order valence-corrected chi connectivity index (χ4v) is 5.18. The smallest absolute Gasteiger partial charge is 0.270 e. The Morgan fingerprint density at radius 3 is 2.68 bits per heavy atom. The molecule has 1 aromatic heterocycles. The van der Waals surface area contributed by atoms with Crippen molar-refractivity contribution in [3.05, 3.63) is 76.3 Å². The van der Waals surface area contributed by atoms with Gasteiger partial charge in [0, 0.05) is 72.6 Å². The molecule has 2 heterocycles. The molecule has 4 aromatic rings. The Hall–Kier alpha value is -4.20. The third-order valence-electron chi connectivity index (χ3n) is 7.12. The Bertz CT molecular complexity index is 1490. The average Bonchev–Trinajstić information content (AvgIpc) is 3.30. The van der Waals surface area contributed by atoms with Crippen LogP contribution in [0.1, 0.15) is 32.3 Å². The van der Waals surface area contributed by atoms with Crippen molar-refractivity contribution in [1.82, 2.24) is 4.90 Å². The van der Waals surface area contributed by atoms with Crippen LogP contribution in [-0.2, 0) is 4.79 Å². The Morgan fingerprint density at radius 1 is 1.11 bits per heavy atom. The standard InChI is InChI=1S/C29H30N4O4/c1-3-31(4-2)29(34)20-8-7-15-32(19-20)26-14-12-23(33(35)36)16-21(26)18-30-22-11-13-25-24-9-5-6-10-27(24)37-28(25)17-22/h5-6,9-14,16-18,20H,3-4,7-8,15,19H2,1-2H3/t20-/m0/s1. The first-order chi connectivity index (χ1) is 18.0. The highest BCUT2D eigenvalue weighted by atomic mass is 16.6. The minimum Gasteiger partial charge on any atom is -0.456 e. The van der Waals surface area contributed by atoms with Crippen molar-refractivity contribution in [2.75, 3.05) is 31.1 Å². The highest BCUT2D eigenvalue weighted by molar-refractivity contribution is 6.05. The number of para-hydroxylation sites is 1. The van der Waals surface area contributed by atoms with E-state index in [0.29, 0.717) is 30.9 Å². The van der Waals surface area contributed by atoms with E-state index in [9.17, 15) is 14.9 Å². The van der Waals surface area contributed by atoms with Crippen LogP contribution in [0.4, 0.5) is 17.1 Å². The maximum absolute atomic E-state index is 13.0. The fraction of sp³-hybridized carbons (Fsp3) is 0.310. The second-order valence-electron chi connectivity index (χ2n) is 9.33. The van der Waals surface area contributed by atoms with Gasteiger partial charge in [-0.05, 0) is 51.0 Å². The van der Waals surface area contributed by atoms with Crippen LogP contribution >= 0.6 is 0 Å². The van der Waals surface area contributed by atoms with Gasteiger partial charge in [0.2, 0.25) is 5.91 Å². The van der Waals surface area contributed by atoms with Crippen LogP contribution in [0.2, 0.25) is 0 Å². The van der Waals surface area contributed by atoms with Gasteiger partial charge in [-0.2, -0.15) is 0 Å². The molecule has 1 saturated heterocycles. The normalized spacial score (nSPS) is 16.1. The number of carbonyl (C=O) groups excluding carboxylic acids is 1. The number of nitrogens with zero attached hydrogens (tertiary/aromatic N) is 4. The van der Waals surface area contributed by atoms with E-state index >= 15 is 0 Å². The molecule has 1 aliphatic heterocycles. The maximum Gasteiger partial charge on any atom is 0.270 e. The van der Waals surface area contributed by atoms with E-state index in [-0.39, 0.29) is 17.5 Å². The third kappa shape index (κ3) is 4.91. The number of anilines is 1. The zero-order valence-corrected chi connectivity index (χ0v) is 21.1. The van der Waals surface area contributed by atoms with E-state index in [2.05, 4.69) is 9.89 Å². The lowest BCUT2D eigenvalue weighted by Gasteiger charge is -2.36. The van der Waals surface area contributed by atoms with Crippen LogP contribution in [0, 0.1) is 16.0 Å². The maximum atomic E-state index is 13.0. The lowest BCUT2D eigenvalue weighted by Crippen LogP contribution is -2.45. The second kappa shape index (κ2) is 10.4. The van der Waals surface area contributed by atoms with Crippen molar-refractivity contribution in [2.45, 2.75) is 26.7 Å². The molecule has 37 heavy (non-hydrogen) atoms. The number of amides is 1. The topological polar surface area (TPSA) is 92.2 Å². The molecule has 8 nitrogen and oxygen atoms in total. The summed E-state index contributed by atoms with van der Waals surface area (Å²) in [6.07, 6.45) is 3.40. The molecule has 8 heteroatoms. The van der Waals surface area contributed by atoms with E-state index in [0.717, 1.165) is 47.0 Å². The average molecular weight is 499 g/mol. The summed E-state index contributed by atoms with van der Waals surface area (Å²) in [6, 6.07) is 18.5. The van der Waals surface area contributed by atoms with Crippen molar-refractivity contribution >= 4 is 51.1 Å². The first kappa shape index (κ1) is 24.5. The molecule has 0 aliphatic carbocycles. The number of aliphatic imine (C=N–C) groups is 1. The number of furan rings is 1. The number of fused-ring (bicyclic) bond motifs is 3. The van der Waals surface area contributed by atoms with Gasteiger partial charge >= 0.3 is 0 Å². The largest absolute Gasteiger partial charge is 0.456 e. The van der Waals surface area contributed by atoms with E-state index in [4.69, 9.17) is 4.42 Å². The van der Waals surface area contributed by atoms with Crippen LogP contribution in [0.5, 0.6) is 0 Å². The van der Waals surface area contributed by atoms with Gasteiger partial charge in [-0.3, -0.25) is 19.9 Å². The van der Waals surface area contributed by atoms with E-state index in [1.165, 1.54) is 6.07 Å². The van der Waals surface area contributed by atoms with Crippen molar-refractivity contribution in [2.24, 2.45) is 10.9 Å². The minimum atomic E-state index is -0.398. The number of benzene rings is 3. The summed E-state index contributed by atoms with van der Waals surface area (Å²) in [6.45, 7) is 6.74.